The number of nitrogens with one attached hydrogen (secondary N) is 3. The molecule has 3 aromatic rings. The third kappa shape index (κ3) is 8.30. The molecule has 5 atom stereocenters. The maximum atomic E-state index is 14.2. The van der Waals surface area contributed by atoms with E-state index in [1.54, 1.807) is 41.0 Å². The summed E-state index contributed by atoms with van der Waals surface area (Å²) >= 11 is 0. The first-order valence-corrected chi connectivity index (χ1v) is 16.9. The van der Waals surface area contributed by atoms with Gasteiger partial charge in [0.05, 0.1) is 31.2 Å². The zero-order chi connectivity index (χ0) is 35.4. The summed E-state index contributed by atoms with van der Waals surface area (Å²) in [5, 5.41) is 19.1. The predicted octanol–water partition coefficient (Wildman–Crippen LogP) is 0.369. The minimum absolute atomic E-state index is 0.180. The number of hydrogen-bond donors (Lipinski definition) is 4. The van der Waals surface area contributed by atoms with Crippen molar-refractivity contribution in [2.45, 2.75) is 56.3 Å². The van der Waals surface area contributed by atoms with E-state index in [1.807, 2.05) is 36.4 Å². The fourth-order valence-corrected chi connectivity index (χ4v) is 6.56. The summed E-state index contributed by atoms with van der Waals surface area (Å²) in [6.07, 6.45) is 3.77. The van der Waals surface area contributed by atoms with Crippen molar-refractivity contribution in [1.82, 2.24) is 35.3 Å². The predicted molar refractivity (Wildman–Crippen MR) is 181 cm³/mol. The van der Waals surface area contributed by atoms with Gasteiger partial charge in [0.25, 0.3) is 11.8 Å². The van der Waals surface area contributed by atoms with Crippen LogP contribution >= 0.6 is 0 Å². The van der Waals surface area contributed by atoms with Crippen LogP contribution in [0, 0.1) is 5.92 Å². The molecule has 14 heteroatoms. The van der Waals surface area contributed by atoms with Crippen LogP contribution in [-0.4, -0.2) is 111 Å². The van der Waals surface area contributed by atoms with Gasteiger partial charge in [-0.1, -0.05) is 42.5 Å². The molecule has 2 aliphatic heterocycles. The van der Waals surface area contributed by atoms with E-state index >= 15 is 0 Å². The van der Waals surface area contributed by atoms with Gasteiger partial charge in [-0.05, 0) is 48.9 Å². The Morgan fingerprint density at radius 1 is 1.00 bits per heavy atom. The first-order chi connectivity index (χ1) is 24.0. The summed E-state index contributed by atoms with van der Waals surface area (Å²) in [7, 11) is 1.74. The Balaban J connectivity index is 1.34. The molecule has 3 aliphatic rings. The molecule has 6 rings (SSSR count). The van der Waals surface area contributed by atoms with Crippen LogP contribution in [0.2, 0.25) is 0 Å². The van der Waals surface area contributed by atoms with E-state index in [0.717, 1.165) is 24.0 Å². The van der Waals surface area contributed by atoms with Crippen molar-refractivity contribution in [2.24, 2.45) is 13.0 Å². The molecule has 2 aromatic carbocycles. The van der Waals surface area contributed by atoms with Crippen LogP contribution in [0.15, 0.2) is 67.1 Å². The van der Waals surface area contributed by atoms with Gasteiger partial charge in [-0.3, -0.25) is 24.0 Å². The number of fused-ring (bicyclic) bond motifs is 4. The molecular weight excluding hydrogens is 642 g/mol. The molecule has 5 amide bonds. The second-order valence-electron chi connectivity index (χ2n) is 13.4. The number of likely N-dealkylation sites (tertiary alicyclic amines) is 1. The summed E-state index contributed by atoms with van der Waals surface area (Å²) in [4.78, 5) is 75.3. The number of carbonyl (C=O) groups is 5. The van der Waals surface area contributed by atoms with Crippen LogP contribution in [-0.2, 0) is 32.6 Å². The number of nitrogens with zero attached hydrogens (tertiary/aromatic N) is 4. The van der Waals surface area contributed by atoms with E-state index in [2.05, 4.69) is 20.9 Å². The lowest BCUT2D eigenvalue weighted by Gasteiger charge is -2.30. The maximum absolute atomic E-state index is 14.2. The molecule has 0 spiro atoms. The molecule has 14 nitrogen and oxygen atoms in total. The van der Waals surface area contributed by atoms with Gasteiger partial charge in [0, 0.05) is 39.0 Å². The second kappa shape index (κ2) is 15.1. The summed E-state index contributed by atoms with van der Waals surface area (Å²) in [5.74, 6) is -2.23. The minimum atomic E-state index is -1.31. The van der Waals surface area contributed by atoms with Crippen molar-refractivity contribution in [2.75, 3.05) is 32.8 Å². The fraction of sp³-hybridized carbons (Fsp3) is 0.444. The van der Waals surface area contributed by atoms with E-state index < -0.39 is 54.5 Å². The molecule has 0 radical (unpaired) electrons. The summed E-state index contributed by atoms with van der Waals surface area (Å²) in [6, 6.07) is 13.5. The number of carbonyl (C=O) groups excluding carboxylic acids is 5. The molecule has 1 saturated carbocycles. The van der Waals surface area contributed by atoms with Crippen LogP contribution in [0.1, 0.15) is 47.3 Å². The highest BCUT2D eigenvalue weighted by molar-refractivity contribution is 5.94. The first-order valence-electron chi connectivity index (χ1n) is 16.9. The molecule has 264 valence electrons. The monoisotopic (exact) mass is 685 g/mol. The van der Waals surface area contributed by atoms with E-state index in [0.29, 0.717) is 11.4 Å². The molecule has 50 heavy (non-hydrogen) atoms. The van der Waals surface area contributed by atoms with Crippen LogP contribution in [0.4, 0.5) is 0 Å². The van der Waals surface area contributed by atoms with E-state index in [-0.39, 0.29) is 50.3 Å². The Morgan fingerprint density at radius 3 is 2.48 bits per heavy atom. The molecule has 0 unspecified atom stereocenters. The third-order valence-corrected chi connectivity index (χ3v) is 9.45. The molecular formula is C36H43N7O7. The smallest absolute Gasteiger partial charge is 0.272 e. The van der Waals surface area contributed by atoms with Crippen molar-refractivity contribution in [1.29, 1.82) is 0 Å². The highest BCUT2D eigenvalue weighted by atomic mass is 16.5. The lowest BCUT2D eigenvalue weighted by atomic mass is 9.93. The molecule has 1 aliphatic carbocycles. The quantitative estimate of drug-likeness (QED) is 0.288. The van der Waals surface area contributed by atoms with Gasteiger partial charge in [0.15, 0.2) is 6.61 Å². The highest BCUT2D eigenvalue weighted by Crippen LogP contribution is 2.32. The second-order valence-corrected chi connectivity index (χ2v) is 13.4. The number of benzene rings is 2. The van der Waals surface area contributed by atoms with Crippen molar-refractivity contribution in [3.05, 3.63) is 83.9 Å². The largest absolute Gasteiger partial charge is 0.484 e. The zero-order valence-electron chi connectivity index (χ0n) is 28.2. The minimum Gasteiger partial charge on any atom is -0.484 e. The van der Waals surface area contributed by atoms with Crippen molar-refractivity contribution < 1.29 is 33.8 Å². The van der Waals surface area contributed by atoms with Crippen molar-refractivity contribution >= 4 is 29.5 Å². The Morgan fingerprint density at radius 2 is 1.78 bits per heavy atom. The van der Waals surface area contributed by atoms with Crippen LogP contribution in [0.3, 0.4) is 0 Å². The number of aliphatic hydroxyl groups excluding tert-OH is 1. The number of ether oxygens (including phenoxy) is 1. The molecule has 1 aromatic heterocycles. The van der Waals surface area contributed by atoms with E-state index in [9.17, 15) is 29.1 Å². The standard InChI is InChI=1S/C36H43N7O7/c1-22(44)33-36(49)42(16-24-11-12-24)19-31(45)38-28(13-23-7-4-3-5-8-23)34(47)39-29-18-43(35(48)30-15-37-21-41(30)2)17-27(29)25-9-6-10-26(14-25)50-20-32(46)40-33/h3-10,14-15,21-22,24,27-29,33,44H,11-13,16-20H2,1-2H3,(H,38,45)(H,39,47)(H,40,46)/t22-,27-,28+,29+,33+/m1/s1. The lowest BCUT2D eigenvalue weighted by molar-refractivity contribution is -0.143. The Hall–Kier alpha value is -5.24. The number of aliphatic hydroxyl groups is 1. The SMILES string of the molecule is C[C@@H](O)[C@@H]1NC(=O)COc2cccc(c2)[C@H]2CN(C(=O)c3cncn3C)C[C@@H]2NC(=O)[C@H](Cc2ccccc2)NC(=O)CN(CC2CC2)C1=O. The van der Waals surface area contributed by atoms with Crippen molar-refractivity contribution in [3.63, 3.8) is 0 Å². The molecule has 2 bridgehead atoms. The number of aromatic nitrogens is 2. The topological polar surface area (TPSA) is 175 Å². The Kier molecular flexibility index (Phi) is 10.5. The zero-order valence-corrected chi connectivity index (χ0v) is 28.2. The van der Waals surface area contributed by atoms with Crippen LogP contribution in [0.25, 0.3) is 0 Å². The molecule has 2 fully saturated rings. The lowest BCUT2D eigenvalue weighted by Crippen LogP contribution is -2.58. The van der Waals surface area contributed by atoms with Gasteiger partial charge in [-0.15, -0.1) is 0 Å². The number of amides is 5. The summed E-state index contributed by atoms with van der Waals surface area (Å²) < 4.78 is 7.46. The Labute approximate surface area is 290 Å². The summed E-state index contributed by atoms with van der Waals surface area (Å²) in [5.41, 5.74) is 1.99. The third-order valence-electron chi connectivity index (χ3n) is 9.45. The van der Waals surface area contributed by atoms with Crippen LogP contribution in [0.5, 0.6) is 5.75 Å². The van der Waals surface area contributed by atoms with Gasteiger partial charge in [-0.2, -0.15) is 0 Å². The average Bonchev–Trinajstić information content (AvgIpc) is 3.66. The molecule has 4 N–H and O–H groups in total. The Bertz CT molecular complexity index is 1720. The van der Waals surface area contributed by atoms with Gasteiger partial charge in [-0.25, -0.2) is 4.98 Å². The van der Waals surface area contributed by atoms with Crippen LogP contribution < -0.4 is 20.7 Å². The highest BCUT2D eigenvalue weighted by Gasteiger charge is 2.40. The number of aryl methyl sites for hydroxylation is 1. The molecule has 1 saturated heterocycles. The molecule has 3 heterocycles. The number of rotatable bonds is 6. The van der Waals surface area contributed by atoms with E-state index in [4.69, 9.17) is 4.74 Å². The maximum Gasteiger partial charge on any atom is 0.272 e. The average molecular weight is 686 g/mol. The number of hydrogen-bond acceptors (Lipinski definition) is 8. The number of imidazole rings is 1. The normalized spacial score (nSPS) is 24.2. The van der Waals surface area contributed by atoms with Crippen molar-refractivity contribution in [3.8, 4) is 5.75 Å². The van der Waals surface area contributed by atoms with Gasteiger partial charge >= 0.3 is 0 Å². The van der Waals surface area contributed by atoms with Gasteiger partial charge in [0.1, 0.15) is 23.5 Å². The summed E-state index contributed by atoms with van der Waals surface area (Å²) in [6.45, 7) is 1.35. The van der Waals surface area contributed by atoms with Gasteiger partial charge < -0.3 is 40.2 Å². The first kappa shape index (κ1) is 34.6. The van der Waals surface area contributed by atoms with Gasteiger partial charge in [0.2, 0.25) is 17.7 Å². The van der Waals surface area contributed by atoms with E-state index in [1.165, 1.54) is 18.0 Å². The fourth-order valence-electron chi connectivity index (χ4n) is 6.56.